The fraction of sp³-hybridized carbons (Fsp3) is 0.250. The Morgan fingerprint density at radius 3 is 2.71 bits per heavy atom. The molecular weight excluding hydrogens is 346 g/mol. The second kappa shape index (κ2) is 6.12. The van der Waals surface area contributed by atoms with Gasteiger partial charge < -0.3 is 4.42 Å². The molecule has 1 aliphatic heterocycles. The van der Waals surface area contributed by atoms with Crippen molar-refractivity contribution >= 4 is 21.4 Å². The van der Waals surface area contributed by atoms with Crippen molar-refractivity contribution in [3.05, 3.63) is 53.7 Å². The Hall–Kier alpha value is -2.03. The smallest absolute Gasteiger partial charge is 0.257 e. The Bertz CT molecular complexity index is 921. The molecule has 0 spiro atoms. The highest BCUT2D eigenvalue weighted by Crippen LogP contribution is 2.37. The summed E-state index contributed by atoms with van der Waals surface area (Å²) in [7, 11) is -3.57. The summed E-state index contributed by atoms with van der Waals surface area (Å²) in [6, 6.07) is 11.9. The van der Waals surface area contributed by atoms with E-state index in [1.54, 1.807) is 30.3 Å². The number of hydrogen-bond acceptors (Lipinski definition) is 6. The van der Waals surface area contributed by atoms with Gasteiger partial charge in [-0.05, 0) is 36.4 Å². The maximum absolute atomic E-state index is 12.9. The van der Waals surface area contributed by atoms with Gasteiger partial charge >= 0.3 is 0 Å². The van der Waals surface area contributed by atoms with Gasteiger partial charge in [-0.2, -0.15) is 4.31 Å². The van der Waals surface area contributed by atoms with E-state index in [-0.39, 0.29) is 4.90 Å². The summed E-state index contributed by atoms with van der Waals surface area (Å²) in [6.45, 7) is 0.457. The highest BCUT2D eigenvalue weighted by Gasteiger charge is 2.39. The molecule has 124 valence electrons. The van der Waals surface area contributed by atoms with Crippen LogP contribution in [0, 0.1) is 0 Å². The minimum Gasteiger partial charge on any atom is -0.418 e. The van der Waals surface area contributed by atoms with Gasteiger partial charge in [-0.3, -0.25) is 0 Å². The summed E-state index contributed by atoms with van der Waals surface area (Å²) < 4.78 is 33.0. The first-order valence-electron chi connectivity index (χ1n) is 7.60. The molecule has 3 heterocycles. The Morgan fingerprint density at radius 1 is 1.12 bits per heavy atom. The average Bonchev–Trinajstić information content (AvgIpc) is 3.34. The quantitative estimate of drug-likeness (QED) is 0.712. The van der Waals surface area contributed by atoms with E-state index in [2.05, 4.69) is 10.2 Å². The van der Waals surface area contributed by atoms with E-state index < -0.39 is 16.1 Å². The van der Waals surface area contributed by atoms with Crippen molar-refractivity contribution in [2.45, 2.75) is 23.8 Å². The number of nitrogens with zero attached hydrogens (tertiary/aromatic N) is 3. The van der Waals surface area contributed by atoms with E-state index in [1.165, 1.54) is 15.6 Å². The van der Waals surface area contributed by atoms with Crippen LogP contribution in [0.15, 0.2) is 57.2 Å². The fourth-order valence-electron chi connectivity index (χ4n) is 2.87. The molecule has 4 rings (SSSR count). The largest absolute Gasteiger partial charge is 0.418 e. The maximum atomic E-state index is 12.9. The van der Waals surface area contributed by atoms with Crippen LogP contribution in [-0.2, 0) is 10.0 Å². The number of rotatable bonds is 4. The Balaban J connectivity index is 1.66. The molecule has 0 unspecified atom stereocenters. The lowest BCUT2D eigenvalue weighted by Crippen LogP contribution is -2.30. The molecule has 8 heteroatoms. The van der Waals surface area contributed by atoms with E-state index in [1.807, 2.05) is 17.5 Å². The molecular formula is C16H15N3O3S2. The third-order valence-corrected chi connectivity index (χ3v) is 6.79. The summed E-state index contributed by atoms with van der Waals surface area (Å²) in [5.41, 5.74) is 0. The lowest BCUT2D eigenvalue weighted by atomic mass is 10.2. The van der Waals surface area contributed by atoms with Crippen LogP contribution < -0.4 is 0 Å². The molecule has 0 radical (unpaired) electrons. The summed E-state index contributed by atoms with van der Waals surface area (Å²) in [6.07, 6.45) is 1.45. The standard InChI is InChI=1S/C16H15N3O3S2/c20-24(21,12-6-2-1-3-7-12)19-10-4-8-13(19)15-17-18-16(22-15)14-9-5-11-23-14/h1-3,5-7,9,11,13H,4,8,10H2/t13-/m0/s1. The third kappa shape index (κ3) is 2.66. The molecule has 1 fully saturated rings. The average molecular weight is 361 g/mol. The van der Waals surface area contributed by atoms with Crippen LogP contribution in [-0.4, -0.2) is 29.5 Å². The fourth-order valence-corrected chi connectivity index (χ4v) is 5.19. The van der Waals surface area contributed by atoms with Crippen LogP contribution >= 0.6 is 11.3 Å². The number of hydrogen-bond donors (Lipinski definition) is 0. The zero-order chi connectivity index (χ0) is 16.6. The van der Waals surface area contributed by atoms with Crippen LogP contribution in [0.1, 0.15) is 24.8 Å². The van der Waals surface area contributed by atoms with Gasteiger partial charge in [0.1, 0.15) is 6.04 Å². The van der Waals surface area contributed by atoms with Crippen LogP contribution in [0.25, 0.3) is 10.8 Å². The molecule has 1 atom stereocenters. The van der Waals surface area contributed by atoms with E-state index >= 15 is 0 Å². The van der Waals surface area contributed by atoms with Crippen molar-refractivity contribution in [2.24, 2.45) is 0 Å². The summed E-state index contributed by atoms with van der Waals surface area (Å²) >= 11 is 1.51. The van der Waals surface area contributed by atoms with Crippen molar-refractivity contribution in [3.8, 4) is 10.8 Å². The Labute approximate surface area is 143 Å². The SMILES string of the molecule is O=S(=O)(c1ccccc1)N1CCC[C@H]1c1nnc(-c2cccs2)o1. The van der Waals surface area contributed by atoms with Crippen molar-refractivity contribution < 1.29 is 12.8 Å². The van der Waals surface area contributed by atoms with Crippen molar-refractivity contribution in [3.63, 3.8) is 0 Å². The Morgan fingerprint density at radius 2 is 1.96 bits per heavy atom. The summed E-state index contributed by atoms with van der Waals surface area (Å²) in [4.78, 5) is 1.17. The first-order valence-corrected chi connectivity index (χ1v) is 9.92. The highest BCUT2D eigenvalue weighted by molar-refractivity contribution is 7.89. The molecule has 1 aromatic carbocycles. The first kappa shape index (κ1) is 15.5. The van der Waals surface area contributed by atoms with Crippen LogP contribution in [0.2, 0.25) is 0 Å². The molecule has 0 bridgehead atoms. The molecule has 0 aliphatic carbocycles. The van der Waals surface area contributed by atoms with Crippen molar-refractivity contribution in [1.29, 1.82) is 0 Å². The number of aromatic nitrogens is 2. The van der Waals surface area contributed by atoms with Crippen molar-refractivity contribution in [2.75, 3.05) is 6.54 Å². The molecule has 24 heavy (non-hydrogen) atoms. The van der Waals surface area contributed by atoms with E-state index in [0.717, 1.165) is 11.3 Å². The first-order chi connectivity index (χ1) is 11.7. The zero-order valence-corrected chi connectivity index (χ0v) is 14.3. The zero-order valence-electron chi connectivity index (χ0n) is 12.7. The second-order valence-electron chi connectivity index (χ2n) is 5.51. The summed E-state index contributed by atoms with van der Waals surface area (Å²) in [5, 5.41) is 10.1. The molecule has 1 saturated heterocycles. The molecule has 6 nitrogen and oxygen atoms in total. The minimum absolute atomic E-state index is 0.287. The van der Waals surface area contributed by atoms with Gasteiger partial charge in [0.05, 0.1) is 9.77 Å². The van der Waals surface area contributed by atoms with Gasteiger partial charge in [0.2, 0.25) is 15.9 Å². The van der Waals surface area contributed by atoms with Gasteiger partial charge in [-0.15, -0.1) is 21.5 Å². The lowest BCUT2D eigenvalue weighted by molar-refractivity contribution is 0.332. The monoisotopic (exact) mass is 361 g/mol. The molecule has 3 aromatic rings. The normalized spacial score (nSPS) is 18.9. The van der Waals surface area contributed by atoms with Gasteiger partial charge in [0.25, 0.3) is 5.89 Å². The van der Waals surface area contributed by atoms with E-state index in [9.17, 15) is 8.42 Å². The van der Waals surface area contributed by atoms with Gasteiger partial charge in [0.15, 0.2) is 0 Å². The van der Waals surface area contributed by atoms with E-state index in [0.29, 0.717) is 24.7 Å². The topological polar surface area (TPSA) is 76.3 Å². The molecule has 0 N–H and O–H groups in total. The molecule has 2 aromatic heterocycles. The molecule has 1 aliphatic rings. The van der Waals surface area contributed by atoms with E-state index in [4.69, 9.17) is 4.42 Å². The van der Waals surface area contributed by atoms with Gasteiger partial charge in [0, 0.05) is 6.54 Å². The predicted molar refractivity (Wildman–Crippen MR) is 89.9 cm³/mol. The van der Waals surface area contributed by atoms with Crippen LogP contribution in [0.5, 0.6) is 0 Å². The van der Waals surface area contributed by atoms with Crippen LogP contribution in [0.4, 0.5) is 0 Å². The third-order valence-electron chi connectivity index (χ3n) is 4.01. The van der Waals surface area contributed by atoms with Crippen molar-refractivity contribution in [1.82, 2.24) is 14.5 Å². The highest BCUT2D eigenvalue weighted by atomic mass is 32.2. The number of thiophene rings is 1. The Kier molecular flexibility index (Phi) is 3.95. The molecule has 0 saturated carbocycles. The van der Waals surface area contributed by atoms with Crippen LogP contribution in [0.3, 0.4) is 0 Å². The number of sulfonamides is 1. The predicted octanol–water partition coefficient (Wildman–Crippen LogP) is 3.32. The van der Waals surface area contributed by atoms with Gasteiger partial charge in [-0.1, -0.05) is 24.3 Å². The maximum Gasteiger partial charge on any atom is 0.257 e. The molecule has 0 amide bonds. The summed E-state index contributed by atoms with van der Waals surface area (Å²) in [5.74, 6) is 0.791. The second-order valence-corrected chi connectivity index (χ2v) is 8.35. The lowest BCUT2D eigenvalue weighted by Gasteiger charge is -2.21. The number of benzene rings is 1. The minimum atomic E-state index is -3.57. The van der Waals surface area contributed by atoms with Gasteiger partial charge in [-0.25, -0.2) is 8.42 Å².